The van der Waals surface area contributed by atoms with Gasteiger partial charge in [0.1, 0.15) is 13.2 Å². The van der Waals surface area contributed by atoms with Gasteiger partial charge in [0.05, 0.1) is 11.6 Å². The number of hydrogen-bond donors (Lipinski definition) is 1. The van der Waals surface area contributed by atoms with E-state index in [4.69, 9.17) is 14.7 Å². The van der Waals surface area contributed by atoms with E-state index in [1.54, 1.807) is 18.2 Å². The standard InChI is InChI=1S/C13H14N2O3/c14-6-1-2-7-15-13(16)10-4-3-5-11-12(10)18-9-8-17-11/h3-5H,1-2,7-9H2,(H,15,16). The molecule has 94 valence electrons. The SMILES string of the molecule is N#CCCCNC(=O)c1cccc2c1OCCO2. The topological polar surface area (TPSA) is 71.4 Å². The van der Waals surface area contributed by atoms with Crippen LogP contribution in [-0.2, 0) is 0 Å². The van der Waals surface area contributed by atoms with Crippen LogP contribution in [0.3, 0.4) is 0 Å². The second-order valence-electron chi connectivity index (χ2n) is 3.85. The Morgan fingerprint density at radius 1 is 1.39 bits per heavy atom. The summed E-state index contributed by atoms with van der Waals surface area (Å²) < 4.78 is 10.9. The van der Waals surface area contributed by atoms with Crippen molar-refractivity contribution in [3.8, 4) is 17.6 Å². The second kappa shape index (κ2) is 5.92. The zero-order valence-electron chi connectivity index (χ0n) is 9.94. The number of unbranched alkanes of at least 4 members (excludes halogenated alkanes) is 1. The third-order valence-electron chi connectivity index (χ3n) is 2.56. The normalized spacial score (nSPS) is 12.6. The van der Waals surface area contributed by atoms with Crippen LogP contribution < -0.4 is 14.8 Å². The second-order valence-corrected chi connectivity index (χ2v) is 3.85. The fourth-order valence-corrected chi connectivity index (χ4v) is 1.72. The number of nitrogens with zero attached hydrogens (tertiary/aromatic N) is 1. The number of benzene rings is 1. The number of carbonyl (C=O) groups excluding carboxylic acids is 1. The van der Waals surface area contributed by atoms with E-state index in [2.05, 4.69) is 5.32 Å². The van der Waals surface area contributed by atoms with Crippen LogP contribution in [0.25, 0.3) is 0 Å². The van der Waals surface area contributed by atoms with Gasteiger partial charge in [-0.25, -0.2) is 0 Å². The van der Waals surface area contributed by atoms with Crippen molar-refractivity contribution in [1.82, 2.24) is 5.32 Å². The van der Waals surface area contributed by atoms with Crippen molar-refractivity contribution in [3.05, 3.63) is 23.8 Å². The molecule has 1 heterocycles. The molecule has 5 heteroatoms. The zero-order valence-corrected chi connectivity index (χ0v) is 9.94. The van der Waals surface area contributed by atoms with Gasteiger partial charge < -0.3 is 14.8 Å². The van der Waals surface area contributed by atoms with Crippen molar-refractivity contribution >= 4 is 5.91 Å². The average molecular weight is 246 g/mol. The highest BCUT2D eigenvalue weighted by Crippen LogP contribution is 2.33. The van der Waals surface area contributed by atoms with Gasteiger partial charge in [0.25, 0.3) is 5.91 Å². The Labute approximate surface area is 105 Å². The third-order valence-corrected chi connectivity index (χ3v) is 2.56. The summed E-state index contributed by atoms with van der Waals surface area (Å²) in [5.74, 6) is 0.905. The molecule has 2 rings (SSSR count). The average Bonchev–Trinajstić information content (AvgIpc) is 2.43. The van der Waals surface area contributed by atoms with Gasteiger partial charge in [0.15, 0.2) is 11.5 Å². The molecule has 1 aliphatic heterocycles. The molecule has 0 radical (unpaired) electrons. The van der Waals surface area contributed by atoms with Crippen LogP contribution in [-0.4, -0.2) is 25.7 Å². The van der Waals surface area contributed by atoms with Gasteiger partial charge in [-0.15, -0.1) is 0 Å². The summed E-state index contributed by atoms with van der Waals surface area (Å²) in [7, 11) is 0. The molecule has 0 aliphatic carbocycles. The zero-order chi connectivity index (χ0) is 12.8. The van der Waals surface area contributed by atoms with Crippen LogP contribution in [0.1, 0.15) is 23.2 Å². The number of nitriles is 1. The maximum atomic E-state index is 12.0. The van der Waals surface area contributed by atoms with Crippen molar-refractivity contribution in [2.24, 2.45) is 0 Å². The van der Waals surface area contributed by atoms with E-state index in [1.165, 1.54) is 0 Å². The third kappa shape index (κ3) is 2.72. The van der Waals surface area contributed by atoms with Gasteiger partial charge in [0.2, 0.25) is 0 Å². The predicted molar refractivity (Wildman–Crippen MR) is 64.6 cm³/mol. The molecule has 18 heavy (non-hydrogen) atoms. The largest absolute Gasteiger partial charge is 0.486 e. The number of amides is 1. The van der Waals surface area contributed by atoms with E-state index < -0.39 is 0 Å². The van der Waals surface area contributed by atoms with E-state index in [1.807, 2.05) is 6.07 Å². The quantitative estimate of drug-likeness (QED) is 0.817. The van der Waals surface area contributed by atoms with Gasteiger partial charge in [-0.1, -0.05) is 6.07 Å². The number of carbonyl (C=O) groups is 1. The van der Waals surface area contributed by atoms with Crippen LogP contribution in [0.5, 0.6) is 11.5 Å². The molecule has 0 bridgehead atoms. The molecule has 0 unspecified atom stereocenters. The Morgan fingerprint density at radius 2 is 2.22 bits per heavy atom. The number of ether oxygens (including phenoxy) is 2. The fraction of sp³-hybridized carbons (Fsp3) is 0.385. The molecule has 0 aromatic heterocycles. The molecular formula is C13H14N2O3. The minimum atomic E-state index is -0.199. The lowest BCUT2D eigenvalue weighted by atomic mass is 10.1. The molecule has 0 saturated carbocycles. The van der Waals surface area contributed by atoms with E-state index >= 15 is 0 Å². The number of fused-ring (bicyclic) bond motifs is 1. The Kier molecular flexibility index (Phi) is 4.02. The maximum Gasteiger partial charge on any atom is 0.255 e. The van der Waals surface area contributed by atoms with Crippen LogP contribution in [0, 0.1) is 11.3 Å². The highest BCUT2D eigenvalue weighted by Gasteiger charge is 2.19. The first-order chi connectivity index (χ1) is 8.83. The molecule has 0 fully saturated rings. The van der Waals surface area contributed by atoms with Gasteiger partial charge in [-0.2, -0.15) is 5.26 Å². The molecule has 1 N–H and O–H groups in total. The fourth-order valence-electron chi connectivity index (χ4n) is 1.72. The lowest BCUT2D eigenvalue weighted by molar-refractivity contribution is 0.0942. The van der Waals surface area contributed by atoms with Crippen LogP contribution in [0.4, 0.5) is 0 Å². The number of nitrogens with one attached hydrogen (secondary N) is 1. The highest BCUT2D eigenvalue weighted by molar-refractivity contribution is 5.97. The molecule has 1 aromatic rings. The van der Waals surface area contributed by atoms with Crippen molar-refractivity contribution in [1.29, 1.82) is 5.26 Å². The first-order valence-electron chi connectivity index (χ1n) is 5.86. The van der Waals surface area contributed by atoms with Crippen LogP contribution >= 0.6 is 0 Å². The van der Waals surface area contributed by atoms with Crippen molar-refractivity contribution < 1.29 is 14.3 Å². The minimum Gasteiger partial charge on any atom is -0.486 e. The van der Waals surface area contributed by atoms with E-state index in [9.17, 15) is 4.79 Å². The van der Waals surface area contributed by atoms with E-state index in [0.717, 1.165) is 0 Å². The molecule has 1 aliphatic rings. The first kappa shape index (κ1) is 12.2. The van der Waals surface area contributed by atoms with Gasteiger partial charge >= 0.3 is 0 Å². The van der Waals surface area contributed by atoms with Gasteiger partial charge in [-0.3, -0.25) is 4.79 Å². The Bertz CT molecular complexity index is 480. The molecule has 0 saturated heterocycles. The Hall–Kier alpha value is -2.22. The predicted octanol–water partition coefficient (Wildman–Crippen LogP) is 1.49. The number of hydrogen-bond acceptors (Lipinski definition) is 4. The lowest BCUT2D eigenvalue weighted by Crippen LogP contribution is -2.26. The monoisotopic (exact) mass is 246 g/mol. The summed E-state index contributed by atoms with van der Waals surface area (Å²) in [6, 6.07) is 7.28. The summed E-state index contributed by atoms with van der Waals surface area (Å²) in [5.41, 5.74) is 0.476. The Balaban J connectivity index is 2.04. The molecule has 5 nitrogen and oxygen atoms in total. The molecule has 1 aromatic carbocycles. The van der Waals surface area contributed by atoms with Crippen LogP contribution in [0.15, 0.2) is 18.2 Å². The summed E-state index contributed by atoms with van der Waals surface area (Å²) in [5, 5.41) is 11.2. The first-order valence-corrected chi connectivity index (χ1v) is 5.86. The smallest absolute Gasteiger partial charge is 0.255 e. The minimum absolute atomic E-state index is 0.199. The summed E-state index contributed by atoms with van der Waals surface area (Å²) in [6.07, 6.45) is 1.08. The highest BCUT2D eigenvalue weighted by atomic mass is 16.6. The Morgan fingerprint density at radius 3 is 3.06 bits per heavy atom. The maximum absolute atomic E-state index is 12.0. The van der Waals surface area contributed by atoms with Crippen molar-refractivity contribution in [3.63, 3.8) is 0 Å². The molecular weight excluding hydrogens is 232 g/mol. The molecule has 0 spiro atoms. The van der Waals surface area contributed by atoms with E-state index in [0.29, 0.717) is 49.7 Å². The summed E-state index contributed by atoms with van der Waals surface area (Å²) in [4.78, 5) is 12.0. The summed E-state index contributed by atoms with van der Waals surface area (Å²) >= 11 is 0. The van der Waals surface area contributed by atoms with Crippen molar-refractivity contribution in [2.75, 3.05) is 19.8 Å². The van der Waals surface area contributed by atoms with Crippen molar-refractivity contribution in [2.45, 2.75) is 12.8 Å². The van der Waals surface area contributed by atoms with Gasteiger partial charge in [0, 0.05) is 13.0 Å². The number of para-hydroxylation sites is 1. The summed E-state index contributed by atoms with van der Waals surface area (Å²) in [6.45, 7) is 1.43. The lowest BCUT2D eigenvalue weighted by Gasteiger charge is -2.20. The van der Waals surface area contributed by atoms with E-state index in [-0.39, 0.29) is 5.91 Å². The molecule has 1 amide bonds. The molecule has 0 atom stereocenters. The van der Waals surface area contributed by atoms with Gasteiger partial charge in [-0.05, 0) is 18.6 Å². The number of rotatable bonds is 4. The van der Waals surface area contributed by atoms with Crippen LogP contribution in [0.2, 0.25) is 0 Å².